The molecule has 0 unspecified atom stereocenters. The van der Waals surface area contributed by atoms with Gasteiger partial charge in [0, 0.05) is 23.5 Å². The quantitative estimate of drug-likeness (QED) is 0.209. The fourth-order valence-electron chi connectivity index (χ4n) is 5.60. The zero-order valence-corrected chi connectivity index (χ0v) is 22.4. The van der Waals surface area contributed by atoms with E-state index in [2.05, 4.69) is 60.7 Å². The smallest absolute Gasteiger partial charge is 0.129 e. The molecule has 0 aliphatic heterocycles. The number of nitrogens with two attached hydrogens (primary N) is 2. The van der Waals surface area contributed by atoms with Crippen molar-refractivity contribution in [2.75, 3.05) is 11.5 Å². The zero-order chi connectivity index (χ0) is 27.8. The maximum atomic E-state index is 6.08. The normalized spacial score (nSPS) is 11.5. The topological polar surface area (TPSA) is 70.5 Å². The largest absolute Gasteiger partial charge is 0.457 e. The van der Waals surface area contributed by atoms with Crippen molar-refractivity contribution in [2.24, 2.45) is 0 Å². The number of anilines is 2. The number of hydrogen-bond acceptors (Lipinski definition) is 4. The summed E-state index contributed by atoms with van der Waals surface area (Å²) in [6, 6.07) is 44.7. The number of ether oxygens (including phenoxy) is 2. The van der Waals surface area contributed by atoms with Gasteiger partial charge in [-0.25, -0.2) is 0 Å². The molecule has 0 bridgehead atoms. The highest BCUT2D eigenvalue weighted by Gasteiger charge is 2.24. The van der Waals surface area contributed by atoms with E-state index in [1.54, 1.807) is 0 Å². The van der Waals surface area contributed by atoms with E-state index in [9.17, 15) is 0 Å². The van der Waals surface area contributed by atoms with E-state index in [4.69, 9.17) is 20.9 Å². The second-order valence-corrected chi connectivity index (χ2v) is 10.2. The van der Waals surface area contributed by atoms with Crippen LogP contribution in [0.2, 0.25) is 0 Å². The van der Waals surface area contributed by atoms with Crippen LogP contribution in [-0.2, 0) is 6.42 Å². The van der Waals surface area contributed by atoms with Crippen molar-refractivity contribution in [1.29, 1.82) is 0 Å². The van der Waals surface area contributed by atoms with Crippen molar-refractivity contribution >= 4 is 11.4 Å². The van der Waals surface area contributed by atoms with Crippen molar-refractivity contribution in [3.05, 3.63) is 145 Å². The molecule has 0 heterocycles. The molecule has 0 radical (unpaired) electrons. The molecular formula is C37H28N2O2. The molecule has 0 saturated carbocycles. The first-order valence-corrected chi connectivity index (χ1v) is 13.6. The van der Waals surface area contributed by atoms with Crippen LogP contribution in [0.25, 0.3) is 33.4 Å². The van der Waals surface area contributed by atoms with E-state index in [-0.39, 0.29) is 0 Å². The Morgan fingerprint density at radius 3 is 1.61 bits per heavy atom. The Kier molecular flexibility index (Phi) is 6.14. The van der Waals surface area contributed by atoms with Crippen molar-refractivity contribution in [2.45, 2.75) is 6.42 Å². The molecule has 4 N–H and O–H groups in total. The van der Waals surface area contributed by atoms with Gasteiger partial charge in [0.05, 0.1) is 0 Å². The second-order valence-electron chi connectivity index (χ2n) is 10.2. The third kappa shape index (κ3) is 4.88. The van der Waals surface area contributed by atoms with Gasteiger partial charge in [0.2, 0.25) is 0 Å². The van der Waals surface area contributed by atoms with Gasteiger partial charge in [-0.2, -0.15) is 0 Å². The molecule has 4 heteroatoms. The third-order valence-corrected chi connectivity index (χ3v) is 7.48. The summed E-state index contributed by atoms with van der Waals surface area (Å²) in [7, 11) is 0. The molecule has 4 nitrogen and oxygen atoms in total. The molecule has 6 aromatic carbocycles. The van der Waals surface area contributed by atoms with Crippen LogP contribution in [0.1, 0.15) is 11.1 Å². The van der Waals surface area contributed by atoms with E-state index in [1.165, 1.54) is 33.4 Å². The lowest BCUT2D eigenvalue weighted by Gasteiger charge is -2.17. The number of benzene rings is 6. The van der Waals surface area contributed by atoms with Crippen LogP contribution in [0.15, 0.2) is 133 Å². The first-order chi connectivity index (χ1) is 20.1. The summed E-state index contributed by atoms with van der Waals surface area (Å²) >= 11 is 0. The molecule has 0 fully saturated rings. The summed E-state index contributed by atoms with van der Waals surface area (Å²) in [5.74, 6) is 2.96. The first kappa shape index (κ1) is 24.6. The van der Waals surface area contributed by atoms with E-state index in [0.29, 0.717) is 17.1 Å². The van der Waals surface area contributed by atoms with Crippen LogP contribution in [0, 0.1) is 0 Å². The highest BCUT2D eigenvalue weighted by molar-refractivity contribution is 5.93. The van der Waals surface area contributed by atoms with Gasteiger partial charge in [-0.3, -0.25) is 0 Å². The lowest BCUT2D eigenvalue weighted by molar-refractivity contribution is 0.483. The Hall–Kier alpha value is -5.48. The van der Waals surface area contributed by atoms with Crippen LogP contribution in [0.4, 0.5) is 11.4 Å². The van der Waals surface area contributed by atoms with Gasteiger partial charge in [-0.15, -0.1) is 0 Å². The first-order valence-electron chi connectivity index (χ1n) is 13.6. The maximum absolute atomic E-state index is 6.08. The highest BCUT2D eigenvalue weighted by atomic mass is 16.5. The Balaban J connectivity index is 1.27. The Morgan fingerprint density at radius 2 is 1.00 bits per heavy atom. The standard InChI is InChI=1S/C37H28N2O2/c38-27-6-3-8-31(22-27)40-29-15-11-24(12-16-29)34-19-20-35-33-10-2-1-5-26(33)21-36(35)37(34)25-13-17-30(18-14-25)41-32-9-4-7-28(39)23-32/h1-20,22-23H,21,38-39H2. The SMILES string of the molecule is Nc1cccc(Oc2ccc(-c3ccc4c(c3-c3ccc(Oc5cccc(N)c5)cc3)Cc3ccccc3-4)cc2)c1. The van der Waals surface area contributed by atoms with Crippen LogP contribution >= 0.6 is 0 Å². The maximum Gasteiger partial charge on any atom is 0.129 e. The number of hydrogen-bond donors (Lipinski definition) is 2. The van der Waals surface area contributed by atoms with Gasteiger partial charge in [-0.1, -0.05) is 72.8 Å². The van der Waals surface area contributed by atoms with Gasteiger partial charge >= 0.3 is 0 Å². The minimum Gasteiger partial charge on any atom is -0.457 e. The molecular weight excluding hydrogens is 504 g/mol. The summed E-state index contributed by atoms with van der Waals surface area (Å²) in [6.07, 6.45) is 0.896. The van der Waals surface area contributed by atoms with E-state index >= 15 is 0 Å². The summed E-state index contributed by atoms with van der Waals surface area (Å²) in [6.45, 7) is 0. The van der Waals surface area contributed by atoms with Crippen molar-refractivity contribution in [1.82, 2.24) is 0 Å². The minimum absolute atomic E-state index is 0.673. The Morgan fingerprint density at radius 1 is 0.439 bits per heavy atom. The van der Waals surface area contributed by atoms with Gasteiger partial charge in [0.15, 0.2) is 0 Å². The van der Waals surface area contributed by atoms with Crippen LogP contribution in [0.3, 0.4) is 0 Å². The molecule has 1 aliphatic carbocycles. The average molecular weight is 533 g/mol. The summed E-state index contributed by atoms with van der Waals surface area (Å²) in [4.78, 5) is 0. The predicted octanol–water partition coefficient (Wildman–Crippen LogP) is 9.34. The van der Waals surface area contributed by atoms with E-state index in [1.807, 2.05) is 72.8 Å². The minimum atomic E-state index is 0.673. The van der Waals surface area contributed by atoms with Gasteiger partial charge < -0.3 is 20.9 Å². The van der Waals surface area contributed by atoms with E-state index in [0.717, 1.165) is 34.8 Å². The predicted molar refractivity (Wildman–Crippen MR) is 167 cm³/mol. The molecule has 1 aliphatic rings. The Bertz CT molecular complexity index is 1880. The number of rotatable bonds is 6. The molecule has 0 aromatic heterocycles. The molecule has 0 saturated heterocycles. The molecule has 198 valence electrons. The summed E-state index contributed by atoms with van der Waals surface area (Å²) in [5, 5.41) is 0. The molecule has 0 atom stereocenters. The molecule has 0 amide bonds. The monoisotopic (exact) mass is 532 g/mol. The van der Waals surface area contributed by atoms with Crippen LogP contribution in [0.5, 0.6) is 23.0 Å². The third-order valence-electron chi connectivity index (χ3n) is 7.48. The average Bonchev–Trinajstić information content (AvgIpc) is 3.37. The second kappa shape index (κ2) is 10.2. The number of nitrogen functional groups attached to an aromatic ring is 2. The van der Waals surface area contributed by atoms with Gasteiger partial charge in [0.1, 0.15) is 23.0 Å². The molecule has 0 spiro atoms. The lowest BCUT2D eigenvalue weighted by atomic mass is 9.88. The van der Waals surface area contributed by atoms with Crippen molar-refractivity contribution < 1.29 is 9.47 Å². The highest BCUT2D eigenvalue weighted by Crippen LogP contribution is 2.46. The van der Waals surface area contributed by atoms with E-state index < -0.39 is 0 Å². The van der Waals surface area contributed by atoms with Gasteiger partial charge in [0.25, 0.3) is 0 Å². The molecule has 7 rings (SSSR count). The van der Waals surface area contributed by atoms with Crippen LogP contribution < -0.4 is 20.9 Å². The fourth-order valence-corrected chi connectivity index (χ4v) is 5.60. The van der Waals surface area contributed by atoms with Crippen LogP contribution in [-0.4, -0.2) is 0 Å². The van der Waals surface area contributed by atoms with Gasteiger partial charge in [-0.05, 0) is 99.5 Å². The molecule has 41 heavy (non-hydrogen) atoms. The fraction of sp³-hybridized carbons (Fsp3) is 0.0270. The van der Waals surface area contributed by atoms with Crippen molar-refractivity contribution in [3.8, 4) is 56.4 Å². The number of fused-ring (bicyclic) bond motifs is 3. The summed E-state index contributed by atoms with van der Waals surface area (Å²) in [5.41, 5.74) is 23.2. The Labute approximate surface area is 239 Å². The summed E-state index contributed by atoms with van der Waals surface area (Å²) < 4.78 is 12.1. The van der Waals surface area contributed by atoms with Crippen molar-refractivity contribution in [3.63, 3.8) is 0 Å². The zero-order valence-electron chi connectivity index (χ0n) is 22.4. The lowest BCUT2D eigenvalue weighted by Crippen LogP contribution is -1.94. The molecule has 6 aromatic rings.